The maximum absolute atomic E-state index is 8.75. The maximum Gasteiger partial charge on any atom is 0.243 e. The van der Waals surface area contributed by atoms with Gasteiger partial charge in [0.05, 0.1) is 17.3 Å². The summed E-state index contributed by atoms with van der Waals surface area (Å²) in [5, 5.41) is 20.7. The van der Waals surface area contributed by atoms with Crippen molar-refractivity contribution in [3.8, 4) is 17.3 Å². The van der Waals surface area contributed by atoms with Crippen LogP contribution in [0.25, 0.3) is 16.9 Å². The van der Waals surface area contributed by atoms with E-state index >= 15 is 0 Å². The summed E-state index contributed by atoms with van der Waals surface area (Å²) in [5.41, 5.74) is 8.52. The summed E-state index contributed by atoms with van der Waals surface area (Å²) in [7, 11) is 0. The van der Waals surface area contributed by atoms with E-state index in [-0.39, 0.29) is 5.95 Å². The van der Waals surface area contributed by atoms with Gasteiger partial charge in [-0.3, -0.25) is 0 Å². The molecule has 2 heterocycles. The van der Waals surface area contributed by atoms with Crippen molar-refractivity contribution in [2.24, 2.45) is 0 Å². The zero-order chi connectivity index (χ0) is 12.5. The smallest absolute Gasteiger partial charge is 0.243 e. The summed E-state index contributed by atoms with van der Waals surface area (Å²) >= 11 is 0. The van der Waals surface area contributed by atoms with Crippen LogP contribution in [0.2, 0.25) is 0 Å². The second-order valence-electron chi connectivity index (χ2n) is 3.74. The molecule has 3 aromatic rings. The van der Waals surface area contributed by atoms with Crippen LogP contribution < -0.4 is 5.73 Å². The number of fused-ring (bicyclic) bond motifs is 1. The lowest BCUT2D eigenvalue weighted by molar-refractivity contribution is 0.946. The Morgan fingerprint density at radius 3 is 2.56 bits per heavy atom. The summed E-state index contributed by atoms with van der Waals surface area (Å²) in [6.45, 7) is 0. The van der Waals surface area contributed by atoms with Gasteiger partial charge >= 0.3 is 0 Å². The fourth-order valence-electron chi connectivity index (χ4n) is 1.67. The first-order valence-corrected chi connectivity index (χ1v) is 5.26. The average molecular weight is 236 g/mol. The second kappa shape index (κ2) is 3.82. The molecule has 0 aliphatic carbocycles. The Hall–Kier alpha value is -2.94. The fourth-order valence-corrected chi connectivity index (χ4v) is 1.67. The Balaban J connectivity index is 2.13. The number of nitrogen functional groups attached to an aromatic ring is 1. The zero-order valence-corrected chi connectivity index (χ0v) is 9.28. The van der Waals surface area contributed by atoms with Crippen molar-refractivity contribution >= 4 is 11.6 Å². The zero-order valence-electron chi connectivity index (χ0n) is 9.28. The van der Waals surface area contributed by atoms with Crippen LogP contribution in [-0.4, -0.2) is 19.8 Å². The first-order chi connectivity index (χ1) is 8.78. The fraction of sp³-hybridized carbons (Fsp3) is 0. The van der Waals surface area contributed by atoms with Crippen molar-refractivity contribution in [1.82, 2.24) is 19.8 Å². The molecule has 86 valence electrons. The second-order valence-corrected chi connectivity index (χ2v) is 3.74. The number of nitrogens with zero attached hydrogens (tertiary/aromatic N) is 5. The molecular weight excluding hydrogens is 228 g/mol. The van der Waals surface area contributed by atoms with Gasteiger partial charge in [0.25, 0.3) is 0 Å². The van der Waals surface area contributed by atoms with E-state index in [2.05, 4.69) is 21.4 Å². The topological polar surface area (TPSA) is 92.9 Å². The Kier molecular flexibility index (Phi) is 2.17. The molecule has 0 aliphatic heterocycles. The van der Waals surface area contributed by atoms with Crippen LogP contribution >= 0.6 is 0 Å². The maximum atomic E-state index is 8.75. The molecule has 0 bridgehead atoms. The van der Waals surface area contributed by atoms with Gasteiger partial charge in [0.15, 0.2) is 5.65 Å². The lowest BCUT2D eigenvalue weighted by Gasteiger charge is -2.01. The van der Waals surface area contributed by atoms with Crippen molar-refractivity contribution in [2.75, 3.05) is 5.73 Å². The first-order valence-electron chi connectivity index (χ1n) is 5.26. The number of hydrogen-bond acceptors (Lipinski definition) is 5. The molecule has 0 saturated heterocycles. The number of rotatable bonds is 1. The summed E-state index contributed by atoms with van der Waals surface area (Å²) < 4.78 is 1.48. The highest BCUT2D eigenvalue weighted by Gasteiger charge is 2.05. The highest BCUT2D eigenvalue weighted by molar-refractivity contribution is 5.61. The number of anilines is 1. The molecule has 0 saturated carbocycles. The molecule has 0 radical (unpaired) electrons. The third-order valence-electron chi connectivity index (χ3n) is 2.60. The van der Waals surface area contributed by atoms with E-state index < -0.39 is 0 Å². The SMILES string of the molecule is N#Cc1ccc(-c2ccc3nnc(N)n3n2)cc1. The Morgan fingerprint density at radius 1 is 1.06 bits per heavy atom. The van der Waals surface area contributed by atoms with Crippen LogP contribution in [0.4, 0.5) is 5.95 Å². The number of nitriles is 1. The average Bonchev–Trinajstić information content (AvgIpc) is 2.80. The van der Waals surface area contributed by atoms with Gasteiger partial charge in [-0.05, 0) is 24.3 Å². The third kappa shape index (κ3) is 1.55. The summed E-state index contributed by atoms with van der Waals surface area (Å²) in [6.07, 6.45) is 0. The molecule has 2 N–H and O–H groups in total. The molecule has 6 heteroatoms. The highest BCUT2D eigenvalue weighted by Crippen LogP contribution is 2.18. The molecular formula is C12H8N6. The molecule has 0 spiro atoms. The Bertz CT molecular complexity index is 750. The minimum atomic E-state index is 0.250. The minimum Gasteiger partial charge on any atom is -0.366 e. The van der Waals surface area contributed by atoms with Gasteiger partial charge in [0, 0.05) is 5.56 Å². The van der Waals surface area contributed by atoms with Crippen LogP contribution in [0.15, 0.2) is 36.4 Å². The van der Waals surface area contributed by atoms with Crippen molar-refractivity contribution < 1.29 is 0 Å². The van der Waals surface area contributed by atoms with E-state index in [4.69, 9.17) is 11.0 Å². The minimum absolute atomic E-state index is 0.250. The van der Waals surface area contributed by atoms with Gasteiger partial charge in [-0.2, -0.15) is 14.9 Å². The van der Waals surface area contributed by atoms with E-state index in [0.29, 0.717) is 11.2 Å². The Morgan fingerprint density at radius 2 is 1.83 bits per heavy atom. The molecule has 1 aromatic carbocycles. The largest absolute Gasteiger partial charge is 0.366 e. The van der Waals surface area contributed by atoms with E-state index in [0.717, 1.165) is 11.3 Å². The van der Waals surface area contributed by atoms with Crippen LogP contribution in [0, 0.1) is 11.3 Å². The lowest BCUT2D eigenvalue weighted by Crippen LogP contribution is -1.99. The van der Waals surface area contributed by atoms with Gasteiger partial charge < -0.3 is 5.73 Å². The van der Waals surface area contributed by atoms with E-state index in [1.165, 1.54) is 4.52 Å². The van der Waals surface area contributed by atoms with Crippen molar-refractivity contribution in [3.05, 3.63) is 42.0 Å². The summed E-state index contributed by atoms with van der Waals surface area (Å²) in [5.74, 6) is 0.250. The number of hydrogen-bond donors (Lipinski definition) is 1. The first kappa shape index (κ1) is 10.2. The summed E-state index contributed by atoms with van der Waals surface area (Å²) in [6, 6.07) is 12.9. The highest BCUT2D eigenvalue weighted by atomic mass is 15.4. The van der Waals surface area contributed by atoms with E-state index in [9.17, 15) is 0 Å². The quantitative estimate of drug-likeness (QED) is 0.686. The van der Waals surface area contributed by atoms with Gasteiger partial charge in [-0.15, -0.1) is 10.2 Å². The molecule has 0 atom stereocenters. The van der Waals surface area contributed by atoms with Crippen LogP contribution in [0.3, 0.4) is 0 Å². The predicted octanol–water partition coefficient (Wildman–Crippen LogP) is 1.25. The molecule has 0 unspecified atom stereocenters. The van der Waals surface area contributed by atoms with E-state index in [1.807, 2.05) is 18.2 Å². The molecule has 18 heavy (non-hydrogen) atoms. The van der Waals surface area contributed by atoms with Gasteiger partial charge in [-0.25, -0.2) is 0 Å². The van der Waals surface area contributed by atoms with Gasteiger partial charge in [0.2, 0.25) is 5.95 Å². The van der Waals surface area contributed by atoms with Gasteiger partial charge in [0.1, 0.15) is 0 Å². The standard InChI is InChI=1S/C12H8N6/c13-7-8-1-3-9(4-2-8)10-5-6-11-15-16-12(14)18(11)17-10/h1-6H,(H2,14,16). The molecule has 0 aliphatic rings. The van der Waals surface area contributed by atoms with Crippen molar-refractivity contribution in [1.29, 1.82) is 5.26 Å². The normalized spacial score (nSPS) is 10.4. The van der Waals surface area contributed by atoms with Crippen molar-refractivity contribution in [2.45, 2.75) is 0 Å². The Labute approximate surface area is 102 Å². The monoisotopic (exact) mass is 236 g/mol. The van der Waals surface area contributed by atoms with E-state index in [1.54, 1.807) is 18.2 Å². The van der Waals surface area contributed by atoms with Crippen LogP contribution in [0.1, 0.15) is 5.56 Å². The number of benzene rings is 1. The molecule has 0 amide bonds. The molecule has 6 nitrogen and oxygen atoms in total. The number of aromatic nitrogens is 4. The molecule has 3 rings (SSSR count). The third-order valence-corrected chi connectivity index (χ3v) is 2.60. The summed E-state index contributed by atoms with van der Waals surface area (Å²) in [4.78, 5) is 0. The number of nitrogens with two attached hydrogens (primary N) is 1. The van der Waals surface area contributed by atoms with Crippen LogP contribution in [-0.2, 0) is 0 Å². The van der Waals surface area contributed by atoms with Crippen LogP contribution in [0.5, 0.6) is 0 Å². The lowest BCUT2D eigenvalue weighted by atomic mass is 10.1. The molecule has 0 fully saturated rings. The van der Waals surface area contributed by atoms with Gasteiger partial charge in [-0.1, -0.05) is 12.1 Å². The molecule has 2 aromatic heterocycles. The predicted molar refractivity (Wildman–Crippen MR) is 65.3 cm³/mol. The van der Waals surface area contributed by atoms with Crippen molar-refractivity contribution in [3.63, 3.8) is 0 Å².